The fraction of sp³-hybridized carbons (Fsp3) is 0.833. The molecule has 4 N–H and O–H groups in total. The molecule has 9 heteroatoms. The molecule has 4 atom stereocenters. The molecule has 2 rings (SSSR count). The predicted octanol–water partition coefficient (Wildman–Crippen LogP) is -0.666. The molecule has 0 spiro atoms. The second-order valence-corrected chi connectivity index (χ2v) is 7.69. The molecule has 21 heavy (non-hydrogen) atoms. The fourth-order valence-electron chi connectivity index (χ4n) is 3.46. The Balaban J connectivity index is 1.84. The lowest BCUT2D eigenvalue weighted by Gasteiger charge is -2.28. The molecule has 0 aromatic carbocycles. The van der Waals surface area contributed by atoms with Gasteiger partial charge >= 0.3 is 12.0 Å². The van der Waals surface area contributed by atoms with Crippen LogP contribution in [0.1, 0.15) is 19.3 Å². The van der Waals surface area contributed by atoms with Gasteiger partial charge in [-0.2, -0.15) is 0 Å². The first-order valence-electron chi connectivity index (χ1n) is 7.02. The first-order chi connectivity index (χ1) is 9.84. The van der Waals surface area contributed by atoms with E-state index in [1.54, 1.807) is 0 Å². The van der Waals surface area contributed by atoms with E-state index in [1.165, 1.54) is 7.05 Å². The summed E-state index contributed by atoms with van der Waals surface area (Å²) in [6.45, 7) is -0.0203. The summed E-state index contributed by atoms with van der Waals surface area (Å²) in [7, 11) is -2.05. The third-order valence-corrected chi connectivity index (χ3v) is 5.83. The highest BCUT2D eigenvalue weighted by Crippen LogP contribution is 2.48. The van der Waals surface area contributed by atoms with Crippen LogP contribution in [0.15, 0.2) is 0 Å². The van der Waals surface area contributed by atoms with Crippen LogP contribution in [0.3, 0.4) is 0 Å². The van der Waals surface area contributed by atoms with Crippen LogP contribution in [0.5, 0.6) is 0 Å². The van der Waals surface area contributed by atoms with Gasteiger partial charge in [0, 0.05) is 12.6 Å². The molecule has 4 unspecified atom stereocenters. The van der Waals surface area contributed by atoms with Gasteiger partial charge in [0.2, 0.25) is 10.0 Å². The number of carbonyl (C=O) groups is 2. The van der Waals surface area contributed by atoms with Gasteiger partial charge in [-0.3, -0.25) is 4.79 Å². The van der Waals surface area contributed by atoms with E-state index in [9.17, 15) is 23.1 Å². The highest BCUT2D eigenvalue weighted by atomic mass is 32.2. The first kappa shape index (κ1) is 16.0. The van der Waals surface area contributed by atoms with Crippen molar-refractivity contribution in [3.63, 3.8) is 0 Å². The van der Waals surface area contributed by atoms with Crippen LogP contribution >= 0.6 is 0 Å². The van der Waals surface area contributed by atoms with Crippen LogP contribution in [-0.4, -0.2) is 50.9 Å². The maximum Gasteiger partial charge on any atom is 0.315 e. The number of urea groups is 1. The number of rotatable bonds is 6. The van der Waals surface area contributed by atoms with Crippen LogP contribution in [0.4, 0.5) is 4.79 Å². The van der Waals surface area contributed by atoms with E-state index in [4.69, 9.17) is 0 Å². The van der Waals surface area contributed by atoms with Crippen molar-refractivity contribution in [2.45, 2.75) is 25.3 Å². The van der Waals surface area contributed by atoms with Gasteiger partial charge in [0.1, 0.15) is 0 Å². The van der Waals surface area contributed by atoms with Crippen molar-refractivity contribution in [3.05, 3.63) is 0 Å². The first-order valence-corrected chi connectivity index (χ1v) is 8.67. The molecule has 2 saturated carbocycles. The number of sulfonamides is 1. The SMILES string of the molecule is CNS(=O)(=O)CCNC(=O)NC1C2CCC(C2)C1C(=O)O. The van der Waals surface area contributed by atoms with Gasteiger partial charge in [0.25, 0.3) is 0 Å². The summed E-state index contributed by atoms with van der Waals surface area (Å²) in [5, 5.41) is 14.4. The lowest BCUT2D eigenvalue weighted by molar-refractivity contribution is -0.144. The third-order valence-electron chi connectivity index (χ3n) is 4.47. The monoisotopic (exact) mass is 319 g/mol. The zero-order valence-corrected chi connectivity index (χ0v) is 12.6. The van der Waals surface area contributed by atoms with E-state index in [0.29, 0.717) is 0 Å². The molecule has 2 fully saturated rings. The maximum absolute atomic E-state index is 11.8. The zero-order chi connectivity index (χ0) is 15.6. The van der Waals surface area contributed by atoms with Gasteiger partial charge in [-0.05, 0) is 38.1 Å². The minimum absolute atomic E-state index is 0.0203. The van der Waals surface area contributed by atoms with Crippen molar-refractivity contribution in [2.75, 3.05) is 19.3 Å². The van der Waals surface area contributed by atoms with Crippen LogP contribution in [0.2, 0.25) is 0 Å². The van der Waals surface area contributed by atoms with Crippen molar-refractivity contribution >= 4 is 22.0 Å². The summed E-state index contributed by atoms with van der Waals surface area (Å²) in [5.41, 5.74) is 0. The summed E-state index contributed by atoms with van der Waals surface area (Å²) in [5.74, 6) is -1.26. The number of fused-ring (bicyclic) bond motifs is 2. The van der Waals surface area contributed by atoms with E-state index >= 15 is 0 Å². The molecule has 2 aliphatic rings. The van der Waals surface area contributed by atoms with Crippen molar-refractivity contribution in [2.24, 2.45) is 17.8 Å². The van der Waals surface area contributed by atoms with Crippen LogP contribution < -0.4 is 15.4 Å². The molecule has 0 heterocycles. The Morgan fingerprint density at radius 2 is 1.90 bits per heavy atom. The molecule has 0 aliphatic heterocycles. The maximum atomic E-state index is 11.8. The Morgan fingerprint density at radius 1 is 1.24 bits per heavy atom. The fourth-order valence-corrected chi connectivity index (χ4v) is 4.03. The van der Waals surface area contributed by atoms with E-state index in [1.807, 2.05) is 0 Å². The Morgan fingerprint density at radius 3 is 2.52 bits per heavy atom. The van der Waals surface area contributed by atoms with Gasteiger partial charge in [0.15, 0.2) is 0 Å². The topological polar surface area (TPSA) is 125 Å². The second-order valence-electron chi connectivity index (χ2n) is 5.65. The number of carboxylic acid groups (broad SMARTS) is 1. The average molecular weight is 319 g/mol. The lowest BCUT2D eigenvalue weighted by Crippen LogP contribution is -2.50. The summed E-state index contributed by atoms with van der Waals surface area (Å²) >= 11 is 0. The number of nitrogens with one attached hydrogen (secondary N) is 3. The number of hydrogen-bond donors (Lipinski definition) is 4. The molecule has 2 amide bonds. The molecular formula is C12H21N3O5S. The van der Waals surface area contributed by atoms with Crippen molar-refractivity contribution in [3.8, 4) is 0 Å². The molecule has 0 aromatic rings. The smallest absolute Gasteiger partial charge is 0.315 e. The molecule has 2 aliphatic carbocycles. The Bertz CT molecular complexity index is 521. The summed E-state index contributed by atoms with van der Waals surface area (Å²) in [6, 6.07) is -0.868. The second kappa shape index (κ2) is 6.18. The summed E-state index contributed by atoms with van der Waals surface area (Å²) in [4.78, 5) is 23.1. The Labute approximate surface area is 123 Å². The van der Waals surface area contributed by atoms with E-state index in [0.717, 1.165) is 19.3 Å². The Kier molecular flexibility index (Phi) is 4.72. The molecular weight excluding hydrogens is 298 g/mol. The van der Waals surface area contributed by atoms with Gasteiger partial charge in [-0.1, -0.05) is 0 Å². The molecule has 2 bridgehead atoms. The molecule has 0 aromatic heterocycles. The quantitative estimate of drug-likeness (QED) is 0.517. The number of hydrogen-bond acceptors (Lipinski definition) is 4. The predicted molar refractivity (Wildman–Crippen MR) is 75.1 cm³/mol. The van der Waals surface area contributed by atoms with E-state index in [-0.39, 0.29) is 30.2 Å². The summed E-state index contributed by atoms with van der Waals surface area (Å²) < 4.78 is 24.6. The van der Waals surface area contributed by atoms with E-state index < -0.39 is 27.9 Å². The van der Waals surface area contributed by atoms with Gasteiger partial charge in [-0.15, -0.1) is 0 Å². The van der Waals surface area contributed by atoms with E-state index in [2.05, 4.69) is 15.4 Å². The molecule has 8 nitrogen and oxygen atoms in total. The largest absolute Gasteiger partial charge is 0.481 e. The minimum Gasteiger partial charge on any atom is -0.481 e. The Hall–Kier alpha value is -1.35. The molecule has 120 valence electrons. The lowest BCUT2D eigenvalue weighted by atomic mass is 9.84. The van der Waals surface area contributed by atoms with Crippen LogP contribution in [0.25, 0.3) is 0 Å². The van der Waals surface area contributed by atoms with Crippen molar-refractivity contribution < 1.29 is 23.1 Å². The van der Waals surface area contributed by atoms with Crippen molar-refractivity contribution in [1.82, 2.24) is 15.4 Å². The average Bonchev–Trinajstić information content (AvgIpc) is 2.99. The highest BCUT2D eigenvalue weighted by Gasteiger charge is 2.51. The standard InChI is InChI=1S/C12H21N3O5S/c1-13-21(19,20)5-4-14-12(18)15-10-8-3-2-7(6-8)9(10)11(16)17/h7-10,13H,2-6H2,1H3,(H,16,17)(H2,14,15,18). The molecule has 0 saturated heterocycles. The highest BCUT2D eigenvalue weighted by molar-refractivity contribution is 7.89. The minimum atomic E-state index is -3.36. The third kappa shape index (κ3) is 3.65. The summed E-state index contributed by atoms with van der Waals surface area (Å²) in [6.07, 6.45) is 2.69. The van der Waals surface area contributed by atoms with Gasteiger partial charge in [0.05, 0.1) is 11.7 Å². The molecule has 0 radical (unpaired) electrons. The number of carbonyl (C=O) groups excluding carboxylic acids is 1. The van der Waals surface area contributed by atoms with Gasteiger partial charge in [-0.25, -0.2) is 17.9 Å². The van der Waals surface area contributed by atoms with Crippen LogP contribution in [-0.2, 0) is 14.8 Å². The van der Waals surface area contributed by atoms with Crippen LogP contribution in [0, 0.1) is 17.8 Å². The number of carboxylic acids is 1. The zero-order valence-electron chi connectivity index (χ0n) is 11.8. The number of aliphatic carboxylic acids is 1. The normalized spacial score (nSPS) is 31.1. The number of amides is 2. The van der Waals surface area contributed by atoms with Gasteiger partial charge < -0.3 is 15.7 Å². The van der Waals surface area contributed by atoms with Crippen molar-refractivity contribution in [1.29, 1.82) is 0 Å².